The average molecular weight is 590 g/mol. The molecule has 41 heavy (non-hydrogen) atoms. The molecule has 208 valence electrons. The number of methoxy groups -OCH3 is 1. The zero-order valence-corrected chi connectivity index (χ0v) is 23.7. The lowest BCUT2D eigenvalue weighted by atomic mass is 9.94. The van der Waals surface area contributed by atoms with Crippen LogP contribution in [-0.4, -0.2) is 40.2 Å². The Morgan fingerprint density at radius 1 is 1.15 bits per heavy atom. The lowest BCUT2D eigenvalue weighted by Crippen LogP contribution is -2.29. The van der Waals surface area contributed by atoms with Crippen LogP contribution in [0.4, 0.5) is 9.52 Å². The van der Waals surface area contributed by atoms with Gasteiger partial charge in [0.05, 0.1) is 18.7 Å². The van der Waals surface area contributed by atoms with Crippen molar-refractivity contribution >= 4 is 45.7 Å². The number of aliphatic hydroxyl groups excluding tert-OH is 1. The van der Waals surface area contributed by atoms with Crippen molar-refractivity contribution in [2.75, 3.05) is 12.0 Å². The summed E-state index contributed by atoms with van der Waals surface area (Å²) in [5, 5.41) is 20.1. The van der Waals surface area contributed by atoms with Gasteiger partial charge in [0.25, 0.3) is 5.78 Å². The molecule has 2 atom stereocenters. The topological polar surface area (TPSA) is 102 Å². The van der Waals surface area contributed by atoms with Crippen LogP contribution in [-0.2, 0) is 21.8 Å². The molecule has 2 aliphatic heterocycles. The maximum Gasteiger partial charge on any atom is 0.301 e. The number of carbonyl (C=O) groups excluding carboxylic acids is 2. The fourth-order valence-corrected chi connectivity index (χ4v) is 6.85. The van der Waals surface area contributed by atoms with Crippen molar-refractivity contribution in [2.45, 2.75) is 35.6 Å². The van der Waals surface area contributed by atoms with Crippen LogP contribution in [0.2, 0.25) is 0 Å². The van der Waals surface area contributed by atoms with Crippen LogP contribution in [0.3, 0.4) is 0 Å². The molecule has 11 heteroatoms. The van der Waals surface area contributed by atoms with E-state index < -0.39 is 17.7 Å². The molecule has 3 aromatic carbocycles. The van der Waals surface area contributed by atoms with E-state index in [4.69, 9.17) is 9.47 Å². The number of aliphatic hydroxyl groups is 1. The van der Waals surface area contributed by atoms with Gasteiger partial charge in [0.15, 0.2) is 4.34 Å². The van der Waals surface area contributed by atoms with E-state index in [2.05, 4.69) is 10.2 Å². The number of aromatic nitrogens is 2. The first kappa shape index (κ1) is 27.0. The molecular weight excluding hydrogens is 565 g/mol. The highest BCUT2D eigenvalue weighted by Crippen LogP contribution is 2.45. The monoisotopic (exact) mass is 589 g/mol. The summed E-state index contributed by atoms with van der Waals surface area (Å²) in [4.78, 5) is 28.3. The number of halogens is 1. The van der Waals surface area contributed by atoms with Gasteiger partial charge in [0.2, 0.25) is 5.13 Å². The van der Waals surface area contributed by atoms with Crippen LogP contribution in [0, 0.1) is 5.82 Å². The van der Waals surface area contributed by atoms with Crippen molar-refractivity contribution in [1.29, 1.82) is 0 Å². The van der Waals surface area contributed by atoms with Gasteiger partial charge < -0.3 is 14.6 Å². The molecule has 3 heterocycles. The second kappa shape index (κ2) is 11.0. The Labute approximate surface area is 243 Å². The number of Topliss-reactive ketones (excluding diaryl/α,β-unsaturated/α-hetero) is 1. The molecule has 1 saturated heterocycles. The molecular formula is C30H24FN3O5S2. The van der Waals surface area contributed by atoms with Gasteiger partial charge in [-0.15, -0.1) is 10.2 Å². The highest BCUT2D eigenvalue weighted by Gasteiger charge is 2.48. The van der Waals surface area contributed by atoms with Gasteiger partial charge in [-0.05, 0) is 60.0 Å². The van der Waals surface area contributed by atoms with Gasteiger partial charge in [-0.1, -0.05) is 53.4 Å². The van der Waals surface area contributed by atoms with Gasteiger partial charge >= 0.3 is 5.91 Å². The predicted octanol–water partition coefficient (Wildman–Crippen LogP) is 5.93. The van der Waals surface area contributed by atoms with Gasteiger partial charge in [-0.2, -0.15) is 0 Å². The molecule has 1 N–H and O–H groups in total. The van der Waals surface area contributed by atoms with E-state index in [0.717, 1.165) is 22.6 Å². The van der Waals surface area contributed by atoms with Gasteiger partial charge in [-0.25, -0.2) is 4.39 Å². The Kier molecular flexibility index (Phi) is 7.22. The van der Waals surface area contributed by atoms with Crippen LogP contribution < -0.4 is 14.4 Å². The molecule has 2 aliphatic rings. The molecule has 0 spiro atoms. The number of thioether (sulfide) groups is 1. The van der Waals surface area contributed by atoms with Crippen molar-refractivity contribution in [3.63, 3.8) is 0 Å². The molecule has 1 aromatic heterocycles. The number of hydrogen-bond acceptors (Lipinski definition) is 9. The van der Waals surface area contributed by atoms with Crippen molar-refractivity contribution in [3.05, 3.63) is 100 Å². The second-order valence-electron chi connectivity index (χ2n) is 9.63. The Bertz CT molecular complexity index is 1700. The number of carbonyl (C=O) groups is 2. The van der Waals surface area contributed by atoms with E-state index in [1.165, 1.54) is 29.8 Å². The van der Waals surface area contributed by atoms with Crippen LogP contribution in [0.15, 0.2) is 76.6 Å². The van der Waals surface area contributed by atoms with E-state index in [1.807, 2.05) is 6.92 Å². The van der Waals surface area contributed by atoms with Crippen LogP contribution >= 0.6 is 23.1 Å². The minimum atomic E-state index is -0.981. The summed E-state index contributed by atoms with van der Waals surface area (Å²) in [7, 11) is 1.52. The molecule has 6 rings (SSSR count). The fraction of sp³-hybridized carbons (Fsp3) is 0.200. The Balaban J connectivity index is 1.40. The van der Waals surface area contributed by atoms with E-state index in [-0.39, 0.29) is 28.4 Å². The summed E-state index contributed by atoms with van der Waals surface area (Å²) in [5.74, 6) is -0.709. The molecule has 0 radical (unpaired) electrons. The number of nitrogens with zero attached hydrogens (tertiary/aromatic N) is 3. The number of amides is 1. The number of benzene rings is 3. The third-order valence-electron chi connectivity index (χ3n) is 6.93. The molecule has 0 saturated carbocycles. The smallest absolute Gasteiger partial charge is 0.301 e. The summed E-state index contributed by atoms with van der Waals surface area (Å²) in [5.41, 5.74) is 2.32. The van der Waals surface area contributed by atoms with Crippen molar-refractivity contribution in [1.82, 2.24) is 10.2 Å². The number of anilines is 1. The molecule has 1 fully saturated rings. The largest absolute Gasteiger partial charge is 0.507 e. The predicted molar refractivity (Wildman–Crippen MR) is 154 cm³/mol. The Morgan fingerprint density at radius 3 is 2.78 bits per heavy atom. The van der Waals surface area contributed by atoms with Crippen molar-refractivity contribution in [3.8, 4) is 11.5 Å². The standard InChI is InChI=1S/C30H24FN3O5S2/c1-16-12-20-13-18(10-11-23(20)39-16)26(35)24-25(17-7-5-8-21(14-17)38-2)34(28(37)27(24)36)29-32-33-30(41-29)40-15-19-6-3-4-9-22(19)31/h3-11,13-14,16,25,35H,12,15H2,1-2H3/b26-24+. The van der Waals surface area contributed by atoms with Crippen LogP contribution in [0.1, 0.15) is 35.2 Å². The zero-order valence-electron chi connectivity index (χ0n) is 22.0. The van der Waals surface area contributed by atoms with E-state index in [0.29, 0.717) is 39.0 Å². The first-order valence-electron chi connectivity index (χ1n) is 12.8. The summed E-state index contributed by atoms with van der Waals surface area (Å²) in [6.45, 7) is 1.96. The summed E-state index contributed by atoms with van der Waals surface area (Å²) < 4.78 is 25.8. The Morgan fingerprint density at radius 2 is 1.98 bits per heavy atom. The van der Waals surface area contributed by atoms with Gasteiger partial charge in [0, 0.05) is 17.7 Å². The molecule has 4 aromatic rings. The number of hydrogen-bond donors (Lipinski definition) is 1. The average Bonchev–Trinajstić information content (AvgIpc) is 3.67. The highest BCUT2D eigenvalue weighted by molar-refractivity contribution is 8.00. The fourth-order valence-electron chi connectivity index (χ4n) is 4.99. The normalized spacial score (nSPS) is 19.3. The molecule has 2 unspecified atom stereocenters. The van der Waals surface area contributed by atoms with E-state index in [9.17, 15) is 19.1 Å². The van der Waals surface area contributed by atoms with Crippen molar-refractivity contribution in [2.24, 2.45) is 0 Å². The highest BCUT2D eigenvalue weighted by atomic mass is 32.2. The summed E-state index contributed by atoms with van der Waals surface area (Å²) in [6.07, 6.45) is 0.676. The van der Waals surface area contributed by atoms with E-state index in [1.54, 1.807) is 60.7 Å². The minimum absolute atomic E-state index is 0.00705. The second-order valence-corrected chi connectivity index (χ2v) is 11.8. The first-order chi connectivity index (χ1) is 19.8. The molecule has 0 bridgehead atoms. The molecule has 1 amide bonds. The summed E-state index contributed by atoms with van der Waals surface area (Å²) >= 11 is 2.39. The maximum absolute atomic E-state index is 14.1. The maximum atomic E-state index is 14.1. The van der Waals surface area contributed by atoms with Crippen LogP contribution in [0.5, 0.6) is 11.5 Å². The third-order valence-corrected chi connectivity index (χ3v) is 9.04. The summed E-state index contributed by atoms with van der Waals surface area (Å²) in [6, 6.07) is 17.7. The quantitative estimate of drug-likeness (QED) is 0.0931. The lowest BCUT2D eigenvalue weighted by molar-refractivity contribution is -0.132. The number of rotatable bonds is 7. The molecule has 0 aliphatic carbocycles. The SMILES string of the molecule is COc1cccc(C2/C(=C(\O)c3ccc4c(c3)CC(C)O4)C(=O)C(=O)N2c2nnc(SCc3ccccc3F)s2)c1. The Hall–Kier alpha value is -4.22. The zero-order chi connectivity index (χ0) is 28.7. The van der Waals surface area contributed by atoms with Crippen LogP contribution in [0.25, 0.3) is 5.76 Å². The minimum Gasteiger partial charge on any atom is -0.507 e. The number of fused-ring (bicyclic) bond motifs is 1. The van der Waals surface area contributed by atoms with Gasteiger partial charge in [-0.3, -0.25) is 14.5 Å². The van der Waals surface area contributed by atoms with Gasteiger partial charge in [0.1, 0.15) is 29.2 Å². The lowest BCUT2D eigenvalue weighted by Gasteiger charge is -2.23. The molecule has 8 nitrogen and oxygen atoms in total. The van der Waals surface area contributed by atoms with Crippen molar-refractivity contribution < 1.29 is 28.6 Å². The third kappa shape index (κ3) is 5.07. The first-order valence-corrected chi connectivity index (χ1v) is 14.6. The number of ether oxygens (including phenoxy) is 2. The number of ketones is 1. The van der Waals surface area contributed by atoms with E-state index >= 15 is 0 Å².